The van der Waals surface area contributed by atoms with Crippen molar-refractivity contribution in [3.8, 4) is 11.5 Å². The summed E-state index contributed by atoms with van der Waals surface area (Å²) < 4.78 is 24.0. The Bertz CT molecular complexity index is 440. The molecule has 1 aromatic carbocycles. The molecule has 0 aromatic heterocycles. The predicted octanol–water partition coefficient (Wildman–Crippen LogP) is 2.04. The molecule has 2 atom stereocenters. The van der Waals surface area contributed by atoms with E-state index in [2.05, 4.69) is 0 Å². The summed E-state index contributed by atoms with van der Waals surface area (Å²) in [5, 5.41) is 9.96. The van der Waals surface area contributed by atoms with Crippen LogP contribution in [0, 0.1) is 11.7 Å². The molecule has 2 rings (SSSR count). The summed E-state index contributed by atoms with van der Waals surface area (Å²) in [5.41, 5.74) is 6.17. The molecule has 0 spiro atoms. The van der Waals surface area contributed by atoms with Gasteiger partial charge in [-0.1, -0.05) is 0 Å². The van der Waals surface area contributed by atoms with E-state index in [1.54, 1.807) is 0 Å². The Morgan fingerprint density at radius 1 is 1.26 bits per heavy atom. The SMILES string of the molecule is COc1cc(F)c([C@H](N)[C@H](O)C2CC2)cc1OC.Cl. The van der Waals surface area contributed by atoms with Crippen molar-refractivity contribution in [2.24, 2.45) is 11.7 Å². The van der Waals surface area contributed by atoms with Gasteiger partial charge in [-0.05, 0) is 24.8 Å². The Labute approximate surface area is 118 Å². The highest BCUT2D eigenvalue weighted by atomic mass is 35.5. The molecule has 0 saturated heterocycles. The van der Waals surface area contributed by atoms with E-state index in [-0.39, 0.29) is 23.9 Å². The zero-order valence-electron chi connectivity index (χ0n) is 10.9. The molecule has 0 radical (unpaired) electrons. The molecule has 19 heavy (non-hydrogen) atoms. The lowest BCUT2D eigenvalue weighted by molar-refractivity contribution is 0.120. The van der Waals surface area contributed by atoms with E-state index in [0.29, 0.717) is 11.5 Å². The van der Waals surface area contributed by atoms with E-state index >= 15 is 0 Å². The first-order valence-electron chi connectivity index (χ1n) is 5.93. The number of nitrogens with two attached hydrogens (primary N) is 1. The summed E-state index contributed by atoms with van der Waals surface area (Å²) in [5.74, 6) is 0.423. The monoisotopic (exact) mass is 291 g/mol. The van der Waals surface area contributed by atoms with Gasteiger partial charge in [0.1, 0.15) is 5.82 Å². The van der Waals surface area contributed by atoms with Crippen LogP contribution in [0.1, 0.15) is 24.4 Å². The van der Waals surface area contributed by atoms with Crippen LogP contribution < -0.4 is 15.2 Å². The Kier molecular flexibility index (Phi) is 5.40. The first-order valence-corrected chi connectivity index (χ1v) is 5.93. The molecular weight excluding hydrogens is 273 g/mol. The van der Waals surface area contributed by atoms with Gasteiger partial charge in [0.25, 0.3) is 0 Å². The van der Waals surface area contributed by atoms with Gasteiger partial charge in [0.05, 0.1) is 26.4 Å². The van der Waals surface area contributed by atoms with Crippen molar-refractivity contribution in [1.82, 2.24) is 0 Å². The minimum atomic E-state index is -0.739. The van der Waals surface area contributed by atoms with Crippen molar-refractivity contribution in [2.75, 3.05) is 14.2 Å². The second-order valence-electron chi connectivity index (χ2n) is 4.58. The molecule has 1 aliphatic carbocycles. The lowest BCUT2D eigenvalue weighted by Crippen LogP contribution is -2.28. The fourth-order valence-electron chi connectivity index (χ4n) is 2.04. The molecule has 0 bridgehead atoms. The van der Waals surface area contributed by atoms with Crippen LogP contribution in [0.5, 0.6) is 11.5 Å². The minimum absolute atomic E-state index is 0. The highest BCUT2D eigenvalue weighted by Gasteiger charge is 2.35. The third kappa shape index (κ3) is 3.29. The van der Waals surface area contributed by atoms with E-state index in [9.17, 15) is 9.50 Å². The van der Waals surface area contributed by atoms with Gasteiger partial charge in [-0.2, -0.15) is 0 Å². The van der Waals surface area contributed by atoms with Crippen LogP contribution in [0.2, 0.25) is 0 Å². The van der Waals surface area contributed by atoms with Crippen molar-refractivity contribution in [3.05, 3.63) is 23.5 Å². The predicted molar refractivity (Wildman–Crippen MR) is 72.4 cm³/mol. The molecule has 3 N–H and O–H groups in total. The second-order valence-corrected chi connectivity index (χ2v) is 4.58. The molecule has 108 valence electrons. The highest BCUT2D eigenvalue weighted by Crippen LogP contribution is 2.39. The van der Waals surface area contributed by atoms with Crippen LogP contribution >= 0.6 is 12.4 Å². The zero-order chi connectivity index (χ0) is 13.3. The van der Waals surface area contributed by atoms with Gasteiger partial charge in [-0.15, -0.1) is 12.4 Å². The lowest BCUT2D eigenvalue weighted by Gasteiger charge is -2.20. The smallest absolute Gasteiger partial charge is 0.163 e. The summed E-state index contributed by atoms with van der Waals surface area (Å²) in [6.45, 7) is 0. The van der Waals surface area contributed by atoms with E-state index < -0.39 is 18.0 Å². The van der Waals surface area contributed by atoms with E-state index in [1.165, 1.54) is 26.4 Å². The van der Waals surface area contributed by atoms with Gasteiger partial charge in [0.15, 0.2) is 11.5 Å². The maximum absolute atomic E-state index is 13.9. The zero-order valence-corrected chi connectivity index (χ0v) is 11.7. The third-order valence-corrected chi connectivity index (χ3v) is 3.33. The fourth-order valence-corrected chi connectivity index (χ4v) is 2.04. The fraction of sp³-hybridized carbons (Fsp3) is 0.538. The minimum Gasteiger partial charge on any atom is -0.493 e. The van der Waals surface area contributed by atoms with Gasteiger partial charge in [-0.3, -0.25) is 0 Å². The number of aliphatic hydroxyl groups excluding tert-OH is 1. The largest absolute Gasteiger partial charge is 0.493 e. The van der Waals surface area contributed by atoms with Crippen LogP contribution in [-0.2, 0) is 0 Å². The van der Waals surface area contributed by atoms with Gasteiger partial charge in [0, 0.05) is 11.6 Å². The molecule has 0 unspecified atom stereocenters. The normalized spacial score (nSPS) is 17.3. The average Bonchev–Trinajstić information content (AvgIpc) is 3.20. The lowest BCUT2D eigenvalue weighted by atomic mass is 9.98. The number of methoxy groups -OCH3 is 2. The van der Waals surface area contributed by atoms with Crippen LogP contribution in [0.4, 0.5) is 4.39 Å². The van der Waals surface area contributed by atoms with Gasteiger partial charge < -0.3 is 20.3 Å². The molecule has 1 aromatic rings. The van der Waals surface area contributed by atoms with Crippen molar-refractivity contribution in [3.63, 3.8) is 0 Å². The maximum Gasteiger partial charge on any atom is 0.163 e. The number of aliphatic hydroxyl groups is 1. The van der Waals surface area contributed by atoms with E-state index in [1.807, 2.05) is 0 Å². The Morgan fingerprint density at radius 2 is 1.79 bits per heavy atom. The standard InChI is InChI=1S/C13H18FNO3.ClH/c1-17-10-5-8(9(14)6-11(10)18-2)12(15)13(16)7-3-4-7;/h5-7,12-13,16H,3-4,15H2,1-2H3;1H/t12-,13+;/m0./s1. The molecule has 1 saturated carbocycles. The molecule has 1 fully saturated rings. The average molecular weight is 292 g/mol. The number of hydrogen-bond donors (Lipinski definition) is 2. The highest BCUT2D eigenvalue weighted by molar-refractivity contribution is 5.85. The third-order valence-electron chi connectivity index (χ3n) is 3.33. The number of hydrogen-bond acceptors (Lipinski definition) is 4. The molecule has 6 heteroatoms. The summed E-state index contributed by atoms with van der Waals surface area (Å²) >= 11 is 0. The van der Waals surface area contributed by atoms with Gasteiger partial charge in [-0.25, -0.2) is 4.39 Å². The van der Waals surface area contributed by atoms with Crippen molar-refractivity contribution in [1.29, 1.82) is 0 Å². The van der Waals surface area contributed by atoms with Gasteiger partial charge in [0.2, 0.25) is 0 Å². The Morgan fingerprint density at radius 3 is 2.26 bits per heavy atom. The van der Waals surface area contributed by atoms with Gasteiger partial charge >= 0.3 is 0 Å². The summed E-state index contributed by atoms with van der Waals surface area (Å²) in [6, 6.07) is 1.98. The molecular formula is C13H19ClFNO3. The molecule has 0 aliphatic heterocycles. The summed E-state index contributed by atoms with van der Waals surface area (Å²) in [4.78, 5) is 0. The van der Waals surface area contributed by atoms with Crippen LogP contribution in [0.15, 0.2) is 12.1 Å². The summed E-state index contributed by atoms with van der Waals surface area (Å²) in [7, 11) is 2.92. The number of rotatable bonds is 5. The number of ether oxygens (including phenoxy) is 2. The van der Waals surface area contributed by atoms with Crippen molar-refractivity contribution >= 4 is 12.4 Å². The number of halogens is 2. The Balaban J connectivity index is 0.00000180. The second kappa shape index (κ2) is 6.41. The van der Waals surface area contributed by atoms with Crippen molar-refractivity contribution in [2.45, 2.75) is 25.0 Å². The van der Waals surface area contributed by atoms with Crippen molar-refractivity contribution < 1.29 is 19.0 Å². The first-order chi connectivity index (χ1) is 8.58. The topological polar surface area (TPSA) is 64.7 Å². The Hall–Kier alpha value is -1.04. The summed E-state index contributed by atoms with van der Waals surface area (Å²) in [6.07, 6.45) is 1.19. The first kappa shape index (κ1) is 16.0. The molecule has 0 heterocycles. The number of benzene rings is 1. The van der Waals surface area contributed by atoms with Crippen LogP contribution in [0.3, 0.4) is 0 Å². The van der Waals surface area contributed by atoms with Crippen LogP contribution in [0.25, 0.3) is 0 Å². The molecule has 0 amide bonds. The molecule has 1 aliphatic rings. The van der Waals surface area contributed by atoms with Crippen LogP contribution in [-0.4, -0.2) is 25.4 Å². The quantitative estimate of drug-likeness (QED) is 0.871. The van der Waals surface area contributed by atoms with E-state index in [0.717, 1.165) is 12.8 Å². The molecule has 4 nitrogen and oxygen atoms in total. The van der Waals surface area contributed by atoms with E-state index in [4.69, 9.17) is 15.2 Å². The maximum atomic E-state index is 13.9.